The molecule has 0 aliphatic carbocycles. The SMILES string of the molecule is CCOC(=O)c1ccc(Cl)c(Oc2cccnc2N)c1. The number of pyridine rings is 1. The number of hydrogen-bond donors (Lipinski definition) is 1. The third-order valence-electron chi connectivity index (χ3n) is 2.46. The summed E-state index contributed by atoms with van der Waals surface area (Å²) in [5.41, 5.74) is 6.05. The fraction of sp³-hybridized carbons (Fsp3) is 0.143. The zero-order chi connectivity index (χ0) is 14.5. The molecule has 0 aliphatic heterocycles. The van der Waals surface area contributed by atoms with Gasteiger partial charge in [0.15, 0.2) is 11.6 Å². The van der Waals surface area contributed by atoms with Crippen molar-refractivity contribution in [2.45, 2.75) is 6.92 Å². The van der Waals surface area contributed by atoms with Crippen LogP contribution in [0.2, 0.25) is 5.02 Å². The molecular formula is C14H13ClN2O3. The summed E-state index contributed by atoms with van der Waals surface area (Å²) in [5.74, 6) is 0.491. The molecule has 1 heterocycles. The zero-order valence-corrected chi connectivity index (χ0v) is 11.6. The van der Waals surface area contributed by atoms with E-state index >= 15 is 0 Å². The lowest BCUT2D eigenvalue weighted by Gasteiger charge is -2.10. The van der Waals surface area contributed by atoms with Crippen LogP contribution in [0.25, 0.3) is 0 Å². The molecule has 0 saturated carbocycles. The molecule has 5 nitrogen and oxygen atoms in total. The van der Waals surface area contributed by atoms with E-state index in [0.717, 1.165) is 0 Å². The monoisotopic (exact) mass is 292 g/mol. The second kappa shape index (κ2) is 6.25. The number of benzene rings is 1. The van der Waals surface area contributed by atoms with Gasteiger partial charge in [-0.05, 0) is 37.3 Å². The van der Waals surface area contributed by atoms with Crippen molar-refractivity contribution in [3.05, 3.63) is 47.1 Å². The van der Waals surface area contributed by atoms with Crippen molar-refractivity contribution >= 4 is 23.4 Å². The Morgan fingerprint density at radius 1 is 1.35 bits per heavy atom. The molecule has 0 aliphatic rings. The van der Waals surface area contributed by atoms with E-state index in [9.17, 15) is 4.79 Å². The molecule has 2 aromatic rings. The zero-order valence-electron chi connectivity index (χ0n) is 10.8. The van der Waals surface area contributed by atoms with Crippen LogP contribution in [-0.4, -0.2) is 17.6 Å². The maximum atomic E-state index is 11.7. The highest BCUT2D eigenvalue weighted by molar-refractivity contribution is 6.32. The molecule has 2 rings (SSSR count). The van der Waals surface area contributed by atoms with Crippen LogP contribution in [0.3, 0.4) is 0 Å². The van der Waals surface area contributed by atoms with Gasteiger partial charge in [-0.3, -0.25) is 0 Å². The number of ether oxygens (including phenoxy) is 2. The largest absolute Gasteiger partial charge is 0.462 e. The van der Waals surface area contributed by atoms with Gasteiger partial charge >= 0.3 is 5.97 Å². The Bertz CT molecular complexity index is 632. The summed E-state index contributed by atoms with van der Waals surface area (Å²) in [4.78, 5) is 15.6. The topological polar surface area (TPSA) is 74.4 Å². The second-order valence-electron chi connectivity index (χ2n) is 3.85. The average molecular weight is 293 g/mol. The van der Waals surface area contributed by atoms with Crippen LogP contribution >= 0.6 is 11.6 Å². The molecule has 0 bridgehead atoms. The predicted octanol–water partition coefficient (Wildman–Crippen LogP) is 3.29. The molecule has 6 heteroatoms. The van der Waals surface area contributed by atoms with E-state index in [1.165, 1.54) is 6.07 Å². The number of hydrogen-bond acceptors (Lipinski definition) is 5. The Hall–Kier alpha value is -2.27. The number of halogens is 1. The van der Waals surface area contributed by atoms with Crippen LogP contribution in [-0.2, 0) is 4.74 Å². The number of nitrogens with zero attached hydrogens (tertiary/aromatic N) is 1. The van der Waals surface area contributed by atoms with Crippen LogP contribution in [0.4, 0.5) is 5.82 Å². The minimum Gasteiger partial charge on any atom is -0.462 e. The van der Waals surface area contributed by atoms with E-state index < -0.39 is 5.97 Å². The third-order valence-corrected chi connectivity index (χ3v) is 2.77. The number of carbonyl (C=O) groups excluding carboxylic acids is 1. The van der Waals surface area contributed by atoms with Gasteiger partial charge in [-0.15, -0.1) is 0 Å². The van der Waals surface area contributed by atoms with Crippen LogP contribution in [0.1, 0.15) is 17.3 Å². The second-order valence-corrected chi connectivity index (χ2v) is 4.26. The van der Waals surface area contributed by atoms with Gasteiger partial charge in [0, 0.05) is 6.20 Å². The molecular weight excluding hydrogens is 280 g/mol. The molecule has 0 saturated heterocycles. The summed E-state index contributed by atoms with van der Waals surface area (Å²) in [7, 11) is 0. The summed E-state index contributed by atoms with van der Waals surface area (Å²) >= 11 is 6.04. The van der Waals surface area contributed by atoms with E-state index in [0.29, 0.717) is 28.7 Å². The Morgan fingerprint density at radius 2 is 2.15 bits per heavy atom. The van der Waals surface area contributed by atoms with Gasteiger partial charge in [0.25, 0.3) is 0 Å². The number of anilines is 1. The van der Waals surface area contributed by atoms with Crippen molar-refractivity contribution in [1.29, 1.82) is 0 Å². The van der Waals surface area contributed by atoms with E-state index in [-0.39, 0.29) is 5.82 Å². The predicted molar refractivity (Wildman–Crippen MR) is 76.1 cm³/mol. The lowest BCUT2D eigenvalue weighted by molar-refractivity contribution is 0.0526. The number of rotatable bonds is 4. The quantitative estimate of drug-likeness (QED) is 0.875. The van der Waals surface area contributed by atoms with Crippen LogP contribution in [0.15, 0.2) is 36.5 Å². The summed E-state index contributed by atoms with van der Waals surface area (Å²) in [6, 6.07) is 7.99. The molecule has 0 radical (unpaired) electrons. The van der Waals surface area contributed by atoms with Crippen LogP contribution < -0.4 is 10.5 Å². The first-order chi connectivity index (χ1) is 9.61. The molecule has 1 aromatic carbocycles. The molecule has 2 N–H and O–H groups in total. The lowest BCUT2D eigenvalue weighted by Crippen LogP contribution is -2.04. The molecule has 20 heavy (non-hydrogen) atoms. The highest BCUT2D eigenvalue weighted by Gasteiger charge is 2.12. The Labute approximate surface area is 121 Å². The summed E-state index contributed by atoms with van der Waals surface area (Å²) in [6.45, 7) is 2.04. The van der Waals surface area contributed by atoms with Crippen molar-refractivity contribution in [2.24, 2.45) is 0 Å². The van der Waals surface area contributed by atoms with Gasteiger partial charge in [-0.25, -0.2) is 9.78 Å². The number of aromatic nitrogens is 1. The standard InChI is InChI=1S/C14H13ClN2O3/c1-2-19-14(18)9-5-6-10(15)12(8-9)20-11-4-3-7-17-13(11)16/h3-8H,2H2,1H3,(H2,16,17). The van der Waals surface area contributed by atoms with Crippen LogP contribution in [0.5, 0.6) is 11.5 Å². The van der Waals surface area contributed by atoms with Crippen molar-refractivity contribution in [3.8, 4) is 11.5 Å². The lowest BCUT2D eigenvalue weighted by atomic mass is 10.2. The summed E-state index contributed by atoms with van der Waals surface area (Å²) < 4.78 is 10.5. The average Bonchev–Trinajstić information content (AvgIpc) is 2.44. The van der Waals surface area contributed by atoms with Crippen molar-refractivity contribution < 1.29 is 14.3 Å². The molecule has 0 amide bonds. The van der Waals surface area contributed by atoms with Gasteiger partial charge in [0.1, 0.15) is 5.75 Å². The Balaban J connectivity index is 2.30. The molecule has 0 spiro atoms. The van der Waals surface area contributed by atoms with Gasteiger partial charge < -0.3 is 15.2 Å². The number of esters is 1. The third kappa shape index (κ3) is 3.19. The van der Waals surface area contributed by atoms with Gasteiger partial charge in [-0.2, -0.15) is 0 Å². The normalized spacial score (nSPS) is 10.1. The number of carbonyl (C=O) groups is 1. The first-order valence-corrected chi connectivity index (χ1v) is 6.34. The molecule has 104 valence electrons. The Kier molecular flexibility index (Phi) is 4.42. The fourth-order valence-corrected chi connectivity index (χ4v) is 1.69. The first-order valence-electron chi connectivity index (χ1n) is 5.97. The van der Waals surface area contributed by atoms with E-state index in [1.807, 2.05) is 0 Å². The van der Waals surface area contributed by atoms with Crippen LogP contribution in [0, 0.1) is 0 Å². The van der Waals surface area contributed by atoms with E-state index in [1.54, 1.807) is 37.4 Å². The maximum Gasteiger partial charge on any atom is 0.338 e. The first kappa shape index (κ1) is 14.1. The van der Waals surface area contributed by atoms with Crippen molar-refractivity contribution in [3.63, 3.8) is 0 Å². The Morgan fingerprint density at radius 3 is 2.85 bits per heavy atom. The highest BCUT2D eigenvalue weighted by atomic mass is 35.5. The van der Waals surface area contributed by atoms with E-state index in [2.05, 4.69) is 4.98 Å². The molecule has 0 atom stereocenters. The minimum absolute atomic E-state index is 0.241. The highest BCUT2D eigenvalue weighted by Crippen LogP contribution is 2.32. The maximum absolute atomic E-state index is 11.7. The number of nitrogen functional groups attached to an aromatic ring is 1. The van der Waals surface area contributed by atoms with Gasteiger partial charge in [-0.1, -0.05) is 11.6 Å². The number of nitrogens with two attached hydrogens (primary N) is 1. The van der Waals surface area contributed by atoms with Crippen molar-refractivity contribution in [1.82, 2.24) is 4.98 Å². The fourth-order valence-electron chi connectivity index (χ4n) is 1.53. The smallest absolute Gasteiger partial charge is 0.338 e. The molecule has 1 aromatic heterocycles. The minimum atomic E-state index is -0.437. The molecule has 0 unspecified atom stereocenters. The summed E-state index contributed by atoms with van der Waals surface area (Å²) in [5, 5.41) is 0.362. The summed E-state index contributed by atoms with van der Waals surface area (Å²) in [6.07, 6.45) is 1.55. The molecule has 0 fully saturated rings. The van der Waals surface area contributed by atoms with Gasteiger partial charge in [0.2, 0.25) is 0 Å². The van der Waals surface area contributed by atoms with Crippen molar-refractivity contribution in [2.75, 3.05) is 12.3 Å². The van der Waals surface area contributed by atoms with E-state index in [4.69, 9.17) is 26.8 Å². The van der Waals surface area contributed by atoms with Gasteiger partial charge in [0.05, 0.1) is 17.2 Å².